The summed E-state index contributed by atoms with van der Waals surface area (Å²) < 4.78 is 4.61. The highest BCUT2D eigenvalue weighted by Gasteiger charge is 2.15. The van der Waals surface area contributed by atoms with Gasteiger partial charge in [0, 0.05) is 24.5 Å². The molecule has 0 aliphatic rings. The number of nitrogens with zero attached hydrogens (tertiary/aromatic N) is 4. The summed E-state index contributed by atoms with van der Waals surface area (Å²) in [7, 11) is 0.248. The molecule has 0 aromatic carbocycles. The van der Waals surface area contributed by atoms with Crippen LogP contribution in [-0.4, -0.2) is 25.1 Å². The molecule has 0 bridgehead atoms. The largest absolute Gasteiger partial charge is 0.369 e. The summed E-state index contributed by atoms with van der Waals surface area (Å²) in [6.45, 7) is 6.18. The molecule has 1 atom stereocenters. The SMILES string of the molecule is CCn1c(=O)c(C)c(Cn2ccnc2N)n(PC)c1=O. The lowest BCUT2D eigenvalue weighted by Gasteiger charge is -2.16. The minimum absolute atomic E-state index is 0.235. The van der Waals surface area contributed by atoms with Gasteiger partial charge < -0.3 is 10.3 Å². The first-order valence-corrected chi connectivity index (χ1v) is 7.75. The van der Waals surface area contributed by atoms with Crippen LogP contribution in [0.4, 0.5) is 5.95 Å². The first-order valence-electron chi connectivity index (χ1n) is 6.31. The Bertz CT molecular complexity index is 743. The van der Waals surface area contributed by atoms with E-state index in [1.807, 2.05) is 6.66 Å². The number of rotatable bonds is 4. The van der Waals surface area contributed by atoms with Gasteiger partial charge in [0.15, 0.2) is 5.95 Å². The van der Waals surface area contributed by atoms with E-state index in [1.165, 1.54) is 4.57 Å². The van der Waals surface area contributed by atoms with E-state index in [0.29, 0.717) is 30.3 Å². The molecule has 0 saturated carbocycles. The van der Waals surface area contributed by atoms with Gasteiger partial charge in [0.1, 0.15) is 0 Å². The zero-order chi connectivity index (χ0) is 14.9. The van der Waals surface area contributed by atoms with E-state index in [2.05, 4.69) is 4.98 Å². The fraction of sp³-hybridized carbons (Fsp3) is 0.417. The summed E-state index contributed by atoms with van der Waals surface area (Å²) in [5.41, 5.74) is 6.51. The fourth-order valence-corrected chi connectivity index (χ4v) is 2.97. The molecule has 0 amide bonds. The molecule has 2 aromatic rings. The predicted molar refractivity (Wildman–Crippen MR) is 80.8 cm³/mol. The molecule has 1 unspecified atom stereocenters. The van der Waals surface area contributed by atoms with E-state index in [9.17, 15) is 9.59 Å². The molecule has 0 fully saturated rings. The van der Waals surface area contributed by atoms with E-state index < -0.39 is 0 Å². The maximum Gasteiger partial charge on any atom is 0.334 e. The predicted octanol–water partition coefficient (Wildman–Crippen LogP) is 0.237. The lowest BCUT2D eigenvalue weighted by Crippen LogP contribution is -2.41. The third kappa shape index (κ3) is 2.29. The second-order valence-electron chi connectivity index (χ2n) is 4.38. The fourth-order valence-electron chi connectivity index (χ4n) is 2.15. The van der Waals surface area contributed by atoms with Crippen molar-refractivity contribution in [3.8, 4) is 0 Å². The quantitative estimate of drug-likeness (QED) is 0.818. The summed E-state index contributed by atoms with van der Waals surface area (Å²) >= 11 is 0. The van der Waals surface area contributed by atoms with Gasteiger partial charge in [-0.25, -0.2) is 9.78 Å². The Balaban J connectivity index is 2.67. The third-order valence-corrected chi connectivity index (χ3v) is 4.21. The molecule has 2 N–H and O–H groups in total. The number of imidazole rings is 1. The van der Waals surface area contributed by atoms with Crippen LogP contribution in [0, 0.1) is 6.92 Å². The number of aromatic nitrogens is 4. The molecule has 8 heteroatoms. The topological polar surface area (TPSA) is 87.8 Å². The van der Waals surface area contributed by atoms with Gasteiger partial charge in [-0.05, 0) is 29.2 Å². The molecular weight excluding hydrogens is 277 g/mol. The van der Waals surface area contributed by atoms with E-state index in [1.54, 1.807) is 35.1 Å². The van der Waals surface area contributed by atoms with Crippen molar-refractivity contribution >= 4 is 14.7 Å². The molecule has 0 spiro atoms. The Morgan fingerprint density at radius 1 is 1.40 bits per heavy atom. The maximum atomic E-state index is 12.3. The minimum Gasteiger partial charge on any atom is -0.369 e. The van der Waals surface area contributed by atoms with E-state index in [4.69, 9.17) is 5.73 Å². The van der Waals surface area contributed by atoms with Crippen LogP contribution in [0.1, 0.15) is 18.2 Å². The molecule has 2 heterocycles. The Morgan fingerprint density at radius 3 is 2.60 bits per heavy atom. The molecule has 2 aromatic heterocycles. The van der Waals surface area contributed by atoms with E-state index in [0.717, 1.165) is 0 Å². The molecule has 20 heavy (non-hydrogen) atoms. The van der Waals surface area contributed by atoms with Crippen LogP contribution < -0.4 is 17.0 Å². The second kappa shape index (κ2) is 5.63. The molecule has 2 rings (SSSR count). The zero-order valence-electron chi connectivity index (χ0n) is 11.8. The van der Waals surface area contributed by atoms with Crippen LogP contribution in [0.25, 0.3) is 0 Å². The van der Waals surface area contributed by atoms with Crippen molar-refractivity contribution in [3.63, 3.8) is 0 Å². The van der Waals surface area contributed by atoms with Gasteiger partial charge in [0.2, 0.25) is 0 Å². The van der Waals surface area contributed by atoms with Crippen molar-refractivity contribution in [1.82, 2.24) is 18.5 Å². The monoisotopic (exact) mass is 295 g/mol. The lowest BCUT2D eigenvalue weighted by molar-refractivity contribution is 0.630. The van der Waals surface area contributed by atoms with Gasteiger partial charge in [-0.15, -0.1) is 0 Å². The third-order valence-electron chi connectivity index (χ3n) is 3.30. The average Bonchev–Trinajstić information content (AvgIpc) is 2.82. The van der Waals surface area contributed by atoms with Crippen LogP contribution in [-0.2, 0) is 13.1 Å². The van der Waals surface area contributed by atoms with Crippen molar-refractivity contribution in [3.05, 3.63) is 44.5 Å². The van der Waals surface area contributed by atoms with Gasteiger partial charge in [-0.1, -0.05) is 0 Å². The Kier molecular flexibility index (Phi) is 4.09. The van der Waals surface area contributed by atoms with Crippen molar-refractivity contribution in [2.75, 3.05) is 12.4 Å². The number of hydrogen-bond acceptors (Lipinski definition) is 4. The standard InChI is InChI=1S/C12H18N5O2P/c1-4-16-10(18)8(2)9(17(20-3)12(16)19)7-15-6-5-14-11(15)13/h5-6,20H,4,7H2,1-3H3,(H2,13,14). The maximum absolute atomic E-state index is 12.3. The average molecular weight is 295 g/mol. The first-order chi connectivity index (χ1) is 9.51. The van der Waals surface area contributed by atoms with Crippen molar-refractivity contribution in [1.29, 1.82) is 0 Å². The van der Waals surface area contributed by atoms with E-state index in [-0.39, 0.29) is 20.0 Å². The summed E-state index contributed by atoms with van der Waals surface area (Å²) in [4.78, 5) is 28.5. The number of nitrogens with two attached hydrogens (primary N) is 1. The summed E-state index contributed by atoms with van der Waals surface area (Å²) in [5.74, 6) is 0.363. The summed E-state index contributed by atoms with van der Waals surface area (Å²) in [5, 5.41) is 0. The normalized spacial score (nSPS) is 11.6. The Hall–Kier alpha value is -1.88. The Labute approximate surface area is 117 Å². The Morgan fingerprint density at radius 2 is 2.10 bits per heavy atom. The van der Waals surface area contributed by atoms with Crippen molar-refractivity contribution in [2.24, 2.45) is 0 Å². The van der Waals surface area contributed by atoms with Gasteiger partial charge in [-0.3, -0.25) is 13.7 Å². The number of hydrogen-bond donors (Lipinski definition) is 1. The number of nitrogen functional groups attached to an aromatic ring is 1. The second-order valence-corrected chi connectivity index (χ2v) is 5.27. The van der Waals surface area contributed by atoms with Gasteiger partial charge in [0.25, 0.3) is 5.56 Å². The molecule has 0 aliphatic carbocycles. The molecule has 108 valence electrons. The molecular formula is C12H18N5O2P. The zero-order valence-corrected chi connectivity index (χ0v) is 12.8. The number of anilines is 1. The highest BCUT2D eigenvalue weighted by molar-refractivity contribution is 7.35. The van der Waals surface area contributed by atoms with Crippen molar-refractivity contribution < 1.29 is 0 Å². The van der Waals surface area contributed by atoms with Crippen LogP contribution in [0.15, 0.2) is 22.0 Å². The summed E-state index contributed by atoms with van der Waals surface area (Å²) in [6.07, 6.45) is 3.32. The van der Waals surface area contributed by atoms with Gasteiger partial charge in [0.05, 0.1) is 12.2 Å². The van der Waals surface area contributed by atoms with E-state index >= 15 is 0 Å². The highest BCUT2D eigenvalue weighted by atomic mass is 31.1. The highest BCUT2D eigenvalue weighted by Crippen LogP contribution is 2.14. The van der Waals surface area contributed by atoms with Crippen molar-refractivity contribution in [2.45, 2.75) is 26.9 Å². The minimum atomic E-state index is -0.266. The first kappa shape index (κ1) is 14.5. The summed E-state index contributed by atoms with van der Waals surface area (Å²) in [6, 6.07) is 0. The van der Waals surface area contributed by atoms with Crippen LogP contribution in [0.2, 0.25) is 0 Å². The van der Waals surface area contributed by atoms with Gasteiger partial charge >= 0.3 is 5.69 Å². The molecule has 0 radical (unpaired) electrons. The van der Waals surface area contributed by atoms with Crippen LogP contribution >= 0.6 is 8.73 Å². The molecule has 7 nitrogen and oxygen atoms in total. The molecule has 0 saturated heterocycles. The van der Waals surface area contributed by atoms with Gasteiger partial charge in [-0.2, -0.15) is 0 Å². The van der Waals surface area contributed by atoms with Crippen LogP contribution in [0.3, 0.4) is 0 Å². The molecule has 0 aliphatic heterocycles. The lowest BCUT2D eigenvalue weighted by atomic mass is 10.2. The van der Waals surface area contributed by atoms with Crippen LogP contribution in [0.5, 0.6) is 0 Å². The smallest absolute Gasteiger partial charge is 0.334 e.